The number of rotatable bonds is 7. The Morgan fingerprint density at radius 1 is 1.05 bits per heavy atom. The lowest BCUT2D eigenvalue weighted by Gasteiger charge is -2.22. The van der Waals surface area contributed by atoms with Gasteiger partial charge in [-0.25, -0.2) is 23.1 Å². The maximum absolute atomic E-state index is 13.3. The zero-order valence-corrected chi connectivity index (χ0v) is 22.5. The van der Waals surface area contributed by atoms with Crippen molar-refractivity contribution in [2.45, 2.75) is 29.9 Å². The number of aliphatic hydroxyl groups is 1. The van der Waals surface area contributed by atoms with Crippen LogP contribution in [-0.2, 0) is 14.8 Å². The van der Waals surface area contributed by atoms with Crippen molar-refractivity contribution >= 4 is 50.8 Å². The van der Waals surface area contributed by atoms with Gasteiger partial charge in [0.2, 0.25) is 11.9 Å². The molecule has 0 saturated heterocycles. The first-order chi connectivity index (χ1) is 18.0. The van der Waals surface area contributed by atoms with E-state index in [0.717, 1.165) is 11.1 Å². The van der Waals surface area contributed by atoms with Gasteiger partial charge in [0.05, 0.1) is 23.3 Å². The van der Waals surface area contributed by atoms with E-state index >= 15 is 0 Å². The molecule has 0 aromatic heterocycles. The van der Waals surface area contributed by atoms with Crippen LogP contribution in [0, 0.1) is 0 Å². The summed E-state index contributed by atoms with van der Waals surface area (Å²) < 4.78 is 29.0. The van der Waals surface area contributed by atoms with Crippen molar-refractivity contribution in [2.75, 3.05) is 6.54 Å². The fourth-order valence-electron chi connectivity index (χ4n) is 3.94. The Morgan fingerprint density at radius 3 is 2.18 bits per heavy atom. The van der Waals surface area contributed by atoms with E-state index in [2.05, 4.69) is 9.71 Å². The molecular formula is C26H25Cl2N5O4S. The van der Waals surface area contributed by atoms with E-state index in [9.17, 15) is 18.3 Å². The zero-order valence-electron chi connectivity index (χ0n) is 20.2. The molecule has 9 nitrogen and oxygen atoms in total. The molecular weight excluding hydrogens is 549 g/mol. The summed E-state index contributed by atoms with van der Waals surface area (Å²) in [4.78, 5) is 16.2. The zero-order chi connectivity index (χ0) is 27.4. The highest BCUT2D eigenvalue weighted by Gasteiger charge is 2.34. The Labute approximate surface area is 230 Å². The van der Waals surface area contributed by atoms with Crippen molar-refractivity contribution < 1.29 is 18.3 Å². The molecule has 1 amide bonds. The van der Waals surface area contributed by atoms with Gasteiger partial charge in [0.25, 0.3) is 10.0 Å². The Hall–Kier alpha value is -3.44. The molecule has 0 spiro atoms. The van der Waals surface area contributed by atoms with E-state index < -0.39 is 28.1 Å². The number of aliphatic hydroxyl groups excluding tert-OH is 1. The topological polar surface area (TPSA) is 137 Å². The molecule has 38 heavy (non-hydrogen) atoms. The number of hydrogen-bond acceptors (Lipinski definition) is 6. The van der Waals surface area contributed by atoms with Gasteiger partial charge in [-0.3, -0.25) is 4.79 Å². The summed E-state index contributed by atoms with van der Waals surface area (Å²) in [6.07, 6.45) is -1.28. The summed E-state index contributed by atoms with van der Waals surface area (Å²) in [7, 11) is -4.18. The van der Waals surface area contributed by atoms with Crippen LogP contribution in [-0.4, -0.2) is 54.8 Å². The summed E-state index contributed by atoms with van der Waals surface area (Å²) in [6, 6.07) is 20.8. The molecule has 3 atom stereocenters. The summed E-state index contributed by atoms with van der Waals surface area (Å²) in [6.45, 7) is 1.53. The van der Waals surface area contributed by atoms with Crippen molar-refractivity contribution in [3.8, 4) is 0 Å². The van der Waals surface area contributed by atoms with Gasteiger partial charge in [-0.1, -0.05) is 65.7 Å². The Morgan fingerprint density at radius 2 is 1.63 bits per heavy atom. The molecule has 4 N–H and O–H groups in total. The van der Waals surface area contributed by atoms with Gasteiger partial charge >= 0.3 is 0 Å². The van der Waals surface area contributed by atoms with Gasteiger partial charge in [-0.05, 0) is 54.4 Å². The van der Waals surface area contributed by atoms with Crippen molar-refractivity contribution in [3.05, 3.63) is 100 Å². The van der Waals surface area contributed by atoms with Crippen LogP contribution in [0.5, 0.6) is 0 Å². The second kappa shape index (κ2) is 11.5. The number of carbonyl (C=O) groups excluding carboxylic acids is 1. The average molecular weight is 574 g/mol. The second-order valence-corrected chi connectivity index (χ2v) is 11.2. The number of nitrogens with two attached hydrogens (primary N) is 1. The minimum absolute atomic E-state index is 0.0806. The van der Waals surface area contributed by atoms with Crippen LogP contribution in [0.1, 0.15) is 24.0 Å². The minimum Gasteiger partial charge on any atom is -0.391 e. The van der Waals surface area contributed by atoms with Crippen LogP contribution in [0.25, 0.3) is 0 Å². The fourth-order valence-corrected chi connectivity index (χ4v) is 5.20. The molecule has 0 fully saturated rings. The largest absolute Gasteiger partial charge is 0.391 e. The van der Waals surface area contributed by atoms with Gasteiger partial charge in [-0.2, -0.15) is 5.10 Å². The number of aliphatic imine (C=N–C) groups is 1. The summed E-state index contributed by atoms with van der Waals surface area (Å²) >= 11 is 12.0. The number of nitrogens with zero attached hydrogens (tertiary/aromatic N) is 3. The van der Waals surface area contributed by atoms with E-state index in [4.69, 9.17) is 34.0 Å². The molecule has 0 unspecified atom stereocenters. The second-order valence-electron chi connectivity index (χ2n) is 8.64. The van der Waals surface area contributed by atoms with Gasteiger partial charge in [0, 0.05) is 16.0 Å². The molecule has 0 saturated carbocycles. The lowest BCUT2D eigenvalue weighted by molar-refractivity contribution is -0.121. The van der Waals surface area contributed by atoms with Crippen molar-refractivity contribution in [1.29, 1.82) is 0 Å². The van der Waals surface area contributed by atoms with Gasteiger partial charge in [-0.15, -0.1) is 0 Å². The molecule has 4 rings (SSSR count). The van der Waals surface area contributed by atoms with E-state index in [1.807, 2.05) is 42.5 Å². The smallest absolute Gasteiger partial charge is 0.264 e. The lowest BCUT2D eigenvalue weighted by Crippen LogP contribution is -2.45. The van der Waals surface area contributed by atoms with E-state index in [-0.39, 0.29) is 23.3 Å². The van der Waals surface area contributed by atoms with Crippen molar-refractivity contribution in [3.63, 3.8) is 0 Å². The molecule has 0 aliphatic carbocycles. The number of nitrogens with one attached hydrogen (secondary N) is 1. The van der Waals surface area contributed by atoms with Gasteiger partial charge in [0.1, 0.15) is 0 Å². The number of hydrogen-bond donors (Lipinski definition) is 3. The molecule has 3 aromatic rings. The number of primary amides is 1. The van der Waals surface area contributed by atoms with Crippen LogP contribution < -0.4 is 10.5 Å². The standard InChI is InChI=1S/C26H25Cl2N5O4S/c1-16(34)23(25(29)35)30-26(32-38(36,37)21-13-11-20(28)12-14-21)33-15-22(17-5-3-2-4-6-17)24(31-33)18-7-9-19(27)10-8-18/h2-14,16,22-23,34H,15H2,1H3,(H2,29,35)(H,30,32)/t16-,22-,23-/m1/s1. The van der Waals surface area contributed by atoms with E-state index in [0.29, 0.717) is 15.8 Å². The first-order valence-corrected chi connectivity index (χ1v) is 13.8. The highest BCUT2D eigenvalue weighted by molar-refractivity contribution is 7.90. The highest BCUT2D eigenvalue weighted by Crippen LogP contribution is 2.30. The Bertz CT molecular complexity index is 1460. The monoisotopic (exact) mass is 573 g/mol. The predicted octanol–water partition coefficient (Wildman–Crippen LogP) is 3.37. The maximum atomic E-state index is 13.3. The molecule has 1 aliphatic heterocycles. The van der Waals surface area contributed by atoms with Gasteiger partial charge in [0.15, 0.2) is 6.04 Å². The number of carbonyl (C=O) groups is 1. The first kappa shape index (κ1) is 27.6. The summed E-state index contributed by atoms with van der Waals surface area (Å²) in [5.41, 5.74) is 7.81. The minimum atomic E-state index is -4.18. The van der Waals surface area contributed by atoms with Crippen LogP contribution in [0.4, 0.5) is 0 Å². The number of halogens is 2. The van der Waals surface area contributed by atoms with E-state index in [1.165, 1.54) is 36.2 Å². The molecule has 12 heteroatoms. The number of guanidine groups is 1. The van der Waals surface area contributed by atoms with Crippen LogP contribution >= 0.6 is 23.2 Å². The predicted molar refractivity (Wildman–Crippen MR) is 148 cm³/mol. The van der Waals surface area contributed by atoms with Crippen molar-refractivity contribution in [2.24, 2.45) is 15.8 Å². The number of amides is 1. The Balaban J connectivity index is 1.81. The molecule has 0 bridgehead atoms. The lowest BCUT2D eigenvalue weighted by atomic mass is 9.91. The summed E-state index contributed by atoms with van der Waals surface area (Å²) in [5, 5.41) is 17.1. The number of hydrazone groups is 1. The third kappa shape index (κ3) is 6.33. The SMILES string of the molecule is C[C@@H](O)[C@@H](N=C(NS(=O)(=O)c1ccc(Cl)cc1)N1C[C@H](c2ccccc2)C(c2ccc(Cl)cc2)=N1)C(N)=O. The molecule has 3 aromatic carbocycles. The van der Waals surface area contributed by atoms with Gasteiger partial charge < -0.3 is 10.8 Å². The molecule has 1 aliphatic rings. The molecule has 0 radical (unpaired) electrons. The molecule has 198 valence electrons. The average Bonchev–Trinajstić information content (AvgIpc) is 3.33. The maximum Gasteiger partial charge on any atom is 0.264 e. The number of benzene rings is 3. The highest BCUT2D eigenvalue weighted by atomic mass is 35.5. The normalized spacial score (nSPS) is 17.6. The third-order valence-corrected chi connectivity index (χ3v) is 7.71. The van der Waals surface area contributed by atoms with Crippen LogP contribution in [0.3, 0.4) is 0 Å². The van der Waals surface area contributed by atoms with Crippen LogP contribution in [0.2, 0.25) is 10.0 Å². The fraction of sp³-hybridized carbons (Fsp3) is 0.192. The molecule has 1 heterocycles. The van der Waals surface area contributed by atoms with Crippen LogP contribution in [0.15, 0.2) is 93.9 Å². The van der Waals surface area contributed by atoms with E-state index in [1.54, 1.807) is 12.1 Å². The van der Waals surface area contributed by atoms with Crippen molar-refractivity contribution in [1.82, 2.24) is 9.73 Å². The number of sulfonamides is 1. The third-order valence-electron chi connectivity index (χ3n) is 5.86. The first-order valence-electron chi connectivity index (χ1n) is 11.6. The summed E-state index contributed by atoms with van der Waals surface area (Å²) in [5.74, 6) is -1.47. The Kier molecular flexibility index (Phi) is 8.37. The quantitative estimate of drug-likeness (QED) is 0.294.